The predicted molar refractivity (Wildman–Crippen MR) is 75.2 cm³/mol. The number of carbonyl (C=O) groups is 1. The van der Waals surface area contributed by atoms with E-state index in [9.17, 15) is 18.7 Å². The topological polar surface area (TPSA) is 49.8 Å². The van der Waals surface area contributed by atoms with Crippen LogP contribution in [0.3, 0.4) is 0 Å². The number of hydrogen-bond donors (Lipinski definition) is 1. The summed E-state index contributed by atoms with van der Waals surface area (Å²) in [5.41, 5.74) is 0.276. The lowest BCUT2D eigenvalue weighted by Gasteiger charge is -2.37. The minimum absolute atomic E-state index is 0.0667. The van der Waals surface area contributed by atoms with Crippen LogP contribution in [0.4, 0.5) is 8.78 Å². The normalized spacial score (nSPS) is 31.2. The lowest BCUT2D eigenvalue weighted by molar-refractivity contribution is -0.147. The molecule has 4 unspecified atom stereocenters. The fraction of sp³-hybridized carbons (Fsp3) is 0.562. The molecule has 4 atom stereocenters. The molecule has 0 spiro atoms. The summed E-state index contributed by atoms with van der Waals surface area (Å²) in [6, 6.07) is 4.00. The summed E-state index contributed by atoms with van der Waals surface area (Å²) in [6.07, 6.45) is 0.163. The SMILES string of the molecule is CC1COC(CO)CN1C(=O)C1CC1c1cccc(F)c1F. The van der Waals surface area contributed by atoms with Crippen LogP contribution in [0.1, 0.15) is 24.8 Å². The first-order valence-corrected chi connectivity index (χ1v) is 7.49. The first-order chi connectivity index (χ1) is 10.5. The van der Waals surface area contributed by atoms with Gasteiger partial charge in [0.05, 0.1) is 25.4 Å². The van der Waals surface area contributed by atoms with Crippen LogP contribution >= 0.6 is 0 Å². The van der Waals surface area contributed by atoms with Crippen molar-refractivity contribution < 1.29 is 23.4 Å². The number of rotatable bonds is 3. The molecule has 1 aliphatic heterocycles. The van der Waals surface area contributed by atoms with Crippen LogP contribution in [0, 0.1) is 17.6 Å². The molecule has 6 heteroatoms. The number of aliphatic hydroxyl groups excluding tert-OH is 1. The van der Waals surface area contributed by atoms with E-state index in [0.717, 1.165) is 6.07 Å². The molecule has 3 rings (SSSR count). The zero-order valence-electron chi connectivity index (χ0n) is 12.3. The molecule has 0 bridgehead atoms. The van der Waals surface area contributed by atoms with Crippen molar-refractivity contribution in [3.8, 4) is 0 Å². The van der Waals surface area contributed by atoms with Gasteiger partial charge in [-0.15, -0.1) is 0 Å². The second-order valence-electron chi connectivity index (χ2n) is 6.07. The maximum absolute atomic E-state index is 13.8. The van der Waals surface area contributed by atoms with Crippen molar-refractivity contribution in [3.05, 3.63) is 35.4 Å². The van der Waals surface area contributed by atoms with E-state index in [1.165, 1.54) is 12.1 Å². The smallest absolute Gasteiger partial charge is 0.226 e. The Morgan fingerprint density at radius 1 is 1.45 bits per heavy atom. The van der Waals surface area contributed by atoms with Crippen molar-refractivity contribution in [2.45, 2.75) is 31.4 Å². The van der Waals surface area contributed by atoms with Crippen molar-refractivity contribution in [1.29, 1.82) is 0 Å². The molecule has 1 N–H and O–H groups in total. The largest absolute Gasteiger partial charge is 0.394 e. The van der Waals surface area contributed by atoms with Crippen LogP contribution in [-0.4, -0.2) is 47.8 Å². The van der Waals surface area contributed by atoms with Gasteiger partial charge in [-0.25, -0.2) is 8.78 Å². The van der Waals surface area contributed by atoms with Crippen molar-refractivity contribution in [2.75, 3.05) is 19.8 Å². The van der Waals surface area contributed by atoms with Crippen LogP contribution in [-0.2, 0) is 9.53 Å². The predicted octanol–water partition coefficient (Wildman–Crippen LogP) is 1.68. The maximum Gasteiger partial charge on any atom is 0.226 e. The Hall–Kier alpha value is -1.53. The van der Waals surface area contributed by atoms with Crippen LogP contribution in [0.2, 0.25) is 0 Å². The Bertz CT molecular complexity index is 581. The minimum Gasteiger partial charge on any atom is -0.394 e. The number of carbonyl (C=O) groups excluding carboxylic acids is 1. The molecule has 1 saturated heterocycles. The standard InChI is InChI=1S/C16H19F2NO3/c1-9-8-22-10(7-20)6-19(9)16(21)13-5-12(13)11-3-2-4-14(17)15(11)18/h2-4,9-10,12-13,20H,5-8H2,1H3. The van der Waals surface area contributed by atoms with E-state index in [2.05, 4.69) is 0 Å². The zero-order valence-corrected chi connectivity index (χ0v) is 12.3. The number of ether oxygens (including phenoxy) is 1. The number of aliphatic hydroxyl groups is 1. The van der Waals surface area contributed by atoms with E-state index < -0.39 is 11.6 Å². The number of amides is 1. The van der Waals surface area contributed by atoms with Gasteiger partial charge in [0.2, 0.25) is 5.91 Å². The van der Waals surface area contributed by atoms with Crippen LogP contribution in [0.15, 0.2) is 18.2 Å². The van der Waals surface area contributed by atoms with Gasteiger partial charge in [-0.1, -0.05) is 12.1 Å². The van der Waals surface area contributed by atoms with Gasteiger partial charge in [0.25, 0.3) is 0 Å². The lowest BCUT2D eigenvalue weighted by Crippen LogP contribution is -2.52. The van der Waals surface area contributed by atoms with Crippen molar-refractivity contribution in [3.63, 3.8) is 0 Å². The van der Waals surface area contributed by atoms with E-state index in [-0.39, 0.29) is 42.1 Å². The summed E-state index contributed by atoms with van der Waals surface area (Å²) < 4.78 is 32.5. The average molecular weight is 311 g/mol. The molecular formula is C16H19F2NO3. The van der Waals surface area contributed by atoms with E-state index >= 15 is 0 Å². The summed E-state index contributed by atoms with van der Waals surface area (Å²) in [6.45, 7) is 2.46. The molecule has 1 aromatic carbocycles. The summed E-state index contributed by atoms with van der Waals surface area (Å²) in [5, 5.41) is 9.17. The minimum atomic E-state index is -0.879. The van der Waals surface area contributed by atoms with Gasteiger partial charge in [0.1, 0.15) is 0 Å². The van der Waals surface area contributed by atoms with Gasteiger partial charge in [-0.3, -0.25) is 4.79 Å². The van der Waals surface area contributed by atoms with E-state index in [4.69, 9.17) is 4.74 Å². The monoisotopic (exact) mass is 311 g/mol. The number of morpholine rings is 1. The summed E-state index contributed by atoms with van der Waals surface area (Å²) in [7, 11) is 0. The molecule has 1 saturated carbocycles. The molecule has 1 aromatic rings. The molecule has 2 aliphatic rings. The molecular weight excluding hydrogens is 292 g/mol. The Balaban J connectivity index is 1.71. The molecule has 0 radical (unpaired) electrons. The third kappa shape index (κ3) is 2.73. The summed E-state index contributed by atoms with van der Waals surface area (Å²) in [4.78, 5) is 14.3. The quantitative estimate of drug-likeness (QED) is 0.924. The number of nitrogens with zero attached hydrogens (tertiary/aromatic N) is 1. The van der Waals surface area contributed by atoms with E-state index in [0.29, 0.717) is 19.6 Å². The zero-order chi connectivity index (χ0) is 15.9. The van der Waals surface area contributed by atoms with Crippen LogP contribution < -0.4 is 0 Å². The molecule has 1 amide bonds. The second-order valence-corrected chi connectivity index (χ2v) is 6.07. The molecule has 4 nitrogen and oxygen atoms in total. The number of benzene rings is 1. The van der Waals surface area contributed by atoms with E-state index in [1.807, 2.05) is 6.92 Å². The lowest BCUT2D eigenvalue weighted by atomic mass is 10.1. The van der Waals surface area contributed by atoms with Crippen LogP contribution in [0.25, 0.3) is 0 Å². The van der Waals surface area contributed by atoms with Gasteiger partial charge in [0, 0.05) is 12.5 Å². The maximum atomic E-state index is 13.8. The highest BCUT2D eigenvalue weighted by molar-refractivity contribution is 5.83. The first kappa shape index (κ1) is 15.4. The van der Waals surface area contributed by atoms with Crippen molar-refractivity contribution >= 4 is 5.91 Å². The number of hydrogen-bond acceptors (Lipinski definition) is 3. The molecule has 1 heterocycles. The van der Waals surface area contributed by atoms with Gasteiger partial charge >= 0.3 is 0 Å². The van der Waals surface area contributed by atoms with Crippen molar-refractivity contribution in [2.24, 2.45) is 5.92 Å². The number of halogens is 2. The van der Waals surface area contributed by atoms with Gasteiger partial charge in [0.15, 0.2) is 11.6 Å². The van der Waals surface area contributed by atoms with Gasteiger partial charge < -0.3 is 14.7 Å². The Morgan fingerprint density at radius 2 is 2.23 bits per heavy atom. The Kier molecular flexibility index (Phi) is 4.14. The molecule has 120 valence electrons. The summed E-state index contributed by atoms with van der Waals surface area (Å²) in [5.74, 6) is -2.37. The molecule has 22 heavy (non-hydrogen) atoms. The fourth-order valence-corrected chi connectivity index (χ4v) is 3.07. The highest BCUT2D eigenvalue weighted by Gasteiger charge is 2.48. The highest BCUT2D eigenvalue weighted by atomic mass is 19.2. The highest BCUT2D eigenvalue weighted by Crippen LogP contribution is 2.49. The Morgan fingerprint density at radius 3 is 2.95 bits per heavy atom. The Labute approximate surface area is 127 Å². The fourth-order valence-electron chi connectivity index (χ4n) is 3.07. The molecule has 2 fully saturated rings. The second kappa shape index (κ2) is 5.93. The first-order valence-electron chi connectivity index (χ1n) is 7.49. The molecule has 1 aliphatic carbocycles. The van der Waals surface area contributed by atoms with E-state index in [1.54, 1.807) is 4.90 Å². The van der Waals surface area contributed by atoms with Crippen LogP contribution in [0.5, 0.6) is 0 Å². The third-order valence-electron chi connectivity index (χ3n) is 4.48. The summed E-state index contributed by atoms with van der Waals surface area (Å²) >= 11 is 0. The van der Waals surface area contributed by atoms with Gasteiger partial charge in [-0.2, -0.15) is 0 Å². The van der Waals surface area contributed by atoms with Gasteiger partial charge in [-0.05, 0) is 30.9 Å². The average Bonchev–Trinajstić information content (AvgIpc) is 3.30. The molecule has 0 aromatic heterocycles. The third-order valence-corrected chi connectivity index (χ3v) is 4.48. The van der Waals surface area contributed by atoms with Crippen molar-refractivity contribution in [1.82, 2.24) is 4.90 Å².